The molecule has 0 aliphatic rings. The van der Waals surface area contributed by atoms with Crippen LogP contribution in [0.4, 0.5) is 5.82 Å². The summed E-state index contributed by atoms with van der Waals surface area (Å²) in [6, 6.07) is 12.9. The fourth-order valence-electron chi connectivity index (χ4n) is 2.17. The van der Waals surface area contributed by atoms with E-state index < -0.39 is 0 Å². The molecule has 1 aromatic heterocycles. The molecule has 96 valence electrons. The largest absolute Gasteiger partial charge is 0.368 e. The molecule has 0 radical (unpaired) electrons. The van der Waals surface area contributed by atoms with Gasteiger partial charge < -0.3 is 5.32 Å². The lowest BCUT2D eigenvalue weighted by atomic mass is 10.1. The van der Waals surface area contributed by atoms with Gasteiger partial charge in [0, 0.05) is 11.4 Å². The van der Waals surface area contributed by atoms with Crippen LogP contribution in [0.1, 0.15) is 39.5 Å². The summed E-state index contributed by atoms with van der Waals surface area (Å²) >= 11 is 0. The van der Waals surface area contributed by atoms with Crippen LogP contribution in [0.15, 0.2) is 36.4 Å². The molecule has 0 saturated heterocycles. The summed E-state index contributed by atoms with van der Waals surface area (Å²) < 4.78 is 0. The normalized spacial score (nSPS) is 12.6. The molecule has 1 N–H and O–H groups in total. The van der Waals surface area contributed by atoms with Crippen LogP contribution in [0.3, 0.4) is 0 Å². The quantitative estimate of drug-likeness (QED) is 0.748. The zero-order valence-corrected chi connectivity index (χ0v) is 11.3. The van der Waals surface area contributed by atoms with Gasteiger partial charge in [-0.15, -0.1) is 0 Å². The van der Waals surface area contributed by atoms with Crippen LogP contribution in [0.5, 0.6) is 0 Å². The molecular weight excluding hydrogens is 220 g/mol. The van der Waals surface area contributed by atoms with Gasteiger partial charge in [-0.2, -0.15) is 0 Å². The van der Waals surface area contributed by atoms with Gasteiger partial charge in [0.05, 0.1) is 5.52 Å². The van der Waals surface area contributed by atoms with E-state index in [9.17, 15) is 0 Å². The third-order valence-electron chi connectivity index (χ3n) is 3.23. The van der Waals surface area contributed by atoms with Gasteiger partial charge in [0.1, 0.15) is 5.82 Å². The maximum Gasteiger partial charge on any atom is 0.126 e. The predicted molar refractivity (Wildman–Crippen MR) is 79.0 cm³/mol. The number of nitrogens with zero attached hydrogens (tertiary/aromatic N) is 1. The molecule has 0 amide bonds. The zero-order chi connectivity index (χ0) is 12.8. The third-order valence-corrected chi connectivity index (χ3v) is 3.23. The molecular formula is C16H22N2. The standard InChI is InChI=1S/C16H22N2/c1-3-4-5-8-13(2)17-16-12-11-14-9-6-7-10-15(14)18-16/h6-7,9-13H,3-5,8H2,1-2H3,(H,17,18). The van der Waals surface area contributed by atoms with E-state index in [0.29, 0.717) is 6.04 Å². The molecule has 0 saturated carbocycles. The number of fused-ring (bicyclic) bond motifs is 1. The molecule has 0 aliphatic heterocycles. The Kier molecular flexibility index (Phi) is 4.57. The van der Waals surface area contributed by atoms with Crippen molar-refractivity contribution < 1.29 is 0 Å². The van der Waals surface area contributed by atoms with Crippen molar-refractivity contribution in [1.82, 2.24) is 4.98 Å². The maximum absolute atomic E-state index is 4.63. The lowest BCUT2D eigenvalue weighted by molar-refractivity contribution is 0.614. The van der Waals surface area contributed by atoms with E-state index >= 15 is 0 Å². The Balaban J connectivity index is 1.98. The molecule has 0 aliphatic carbocycles. The minimum atomic E-state index is 0.491. The van der Waals surface area contributed by atoms with Crippen molar-refractivity contribution in [2.75, 3.05) is 5.32 Å². The topological polar surface area (TPSA) is 24.9 Å². The number of benzene rings is 1. The van der Waals surface area contributed by atoms with Crippen molar-refractivity contribution in [1.29, 1.82) is 0 Å². The molecule has 1 heterocycles. The number of pyridine rings is 1. The monoisotopic (exact) mass is 242 g/mol. The van der Waals surface area contributed by atoms with Gasteiger partial charge in [0.15, 0.2) is 0 Å². The highest BCUT2D eigenvalue weighted by atomic mass is 15.0. The predicted octanol–water partition coefficient (Wildman–Crippen LogP) is 4.62. The summed E-state index contributed by atoms with van der Waals surface area (Å²) in [5, 5.41) is 4.68. The van der Waals surface area contributed by atoms with E-state index in [-0.39, 0.29) is 0 Å². The maximum atomic E-state index is 4.63. The van der Waals surface area contributed by atoms with Crippen molar-refractivity contribution in [3.8, 4) is 0 Å². The molecule has 0 spiro atoms. The Hall–Kier alpha value is -1.57. The second-order valence-corrected chi connectivity index (χ2v) is 4.93. The Labute approximate surface area is 109 Å². The van der Waals surface area contributed by atoms with Crippen molar-refractivity contribution in [2.45, 2.75) is 45.6 Å². The number of aromatic nitrogens is 1. The molecule has 2 rings (SSSR count). The number of nitrogens with one attached hydrogen (secondary N) is 1. The Bertz CT molecular complexity index is 493. The van der Waals surface area contributed by atoms with Crippen LogP contribution in [0, 0.1) is 0 Å². The Morgan fingerprint density at radius 1 is 1.11 bits per heavy atom. The van der Waals surface area contributed by atoms with Crippen molar-refractivity contribution in [2.24, 2.45) is 0 Å². The van der Waals surface area contributed by atoms with Gasteiger partial charge in [0.2, 0.25) is 0 Å². The van der Waals surface area contributed by atoms with Crippen molar-refractivity contribution >= 4 is 16.7 Å². The van der Waals surface area contributed by atoms with Crippen molar-refractivity contribution in [3.05, 3.63) is 36.4 Å². The molecule has 2 heteroatoms. The molecule has 0 bridgehead atoms. The van der Waals surface area contributed by atoms with E-state index in [2.05, 4.69) is 48.4 Å². The van der Waals surface area contributed by atoms with Gasteiger partial charge in [0.25, 0.3) is 0 Å². The second-order valence-electron chi connectivity index (χ2n) is 4.93. The van der Waals surface area contributed by atoms with Gasteiger partial charge >= 0.3 is 0 Å². The number of hydrogen-bond donors (Lipinski definition) is 1. The molecule has 2 aromatic rings. The Morgan fingerprint density at radius 2 is 1.94 bits per heavy atom. The van der Waals surface area contributed by atoms with Crippen LogP contribution >= 0.6 is 0 Å². The molecule has 0 fully saturated rings. The van der Waals surface area contributed by atoms with E-state index in [0.717, 1.165) is 11.3 Å². The van der Waals surface area contributed by atoms with Crippen LogP contribution in [0.25, 0.3) is 10.9 Å². The fourth-order valence-corrected chi connectivity index (χ4v) is 2.17. The molecule has 2 nitrogen and oxygen atoms in total. The first-order valence-corrected chi connectivity index (χ1v) is 6.92. The van der Waals surface area contributed by atoms with E-state index in [1.807, 2.05) is 12.1 Å². The minimum Gasteiger partial charge on any atom is -0.368 e. The van der Waals surface area contributed by atoms with Gasteiger partial charge in [-0.1, -0.05) is 44.4 Å². The van der Waals surface area contributed by atoms with E-state index in [1.165, 1.54) is 31.1 Å². The SMILES string of the molecule is CCCCCC(C)Nc1ccc2ccccc2n1. The summed E-state index contributed by atoms with van der Waals surface area (Å²) in [4.78, 5) is 4.63. The summed E-state index contributed by atoms with van der Waals surface area (Å²) in [6.07, 6.45) is 5.10. The fraction of sp³-hybridized carbons (Fsp3) is 0.438. The lowest BCUT2D eigenvalue weighted by Gasteiger charge is -2.14. The van der Waals surface area contributed by atoms with Crippen LogP contribution in [-0.2, 0) is 0 Å². The molecule has 1 aromatic carbocycles. The highest BCUT2D eigenvalue weighted by Gasteiger charge is 2.03. The number of anilines is 1. The minimum absolute atomic E-state index is 0.491. The highest BCUT2D eigenvalue weighted by Crippen LogP contribution is 2.16. The average Bonchev–Trinajstić information content (AvgIpc) is 2.39. The molecule has 1 atom stereocenters. The lowest BCUT2D eigenvalue weighted by Crippen LogP contribution is -2.15. The van der Waals surface area contributed by atoms with E-state index in [1.54, 1.807) is 0 Å². The first-order chi connectivity index (χ1) is 8.79. The van der Waals surface area contributed by atoms with Crippen LogP contribution in [-0.4, -0.2) is 11.0 Å². The second kappa shape index (κ2) is 6.39. The highest BCUT2D eigenvalue weighted by molar-refractivity contribution is 5.80. The molecule has 1 unspecified atom stereocenters. The summed E-state index contributed by atoms with van der Waals surface area (Å²) in [5.41, 5.74) is 1.06. The van der Waals surface area contributed by atoms with Crippen LogP contribution in [0.2, 0.25) is 0 Å². The van der Waals surface area contributed by atoms with Gasteiger partial charge in [-0.3, -0.25) is 0 Å². The average molecular weight is 242 g/mol. The van der Waals surface area contributed by atoms with Crippen molar-refractivity contribution in [3.63, 3.8) is 0 Å². The molecule has 18 heavy (non-hydrogen) atoms. The third kappa shape index (κ3) is 3.46. The summed E-state index contributed by atoms with van der Waals surface area (Å²) in [6.45, 7) is 4.47. The zero-order valence-electron chi connectivity index (χ0n) is 11.3. The smallest absolute Gasteiger partial charge is 0.126 e. The Morgan fingerprint density at radius 3 is 2.78 bits per heavy atom. The number of unbranched alkanes of at least 4 members (excludes halogenated alkanes) is 2. The van der Waals surface area contributed by atoms with Gasteiger partial charge in [-0.25, -0.2) is 4.98 Å². The first kappa shape index (κ1) is 12.9. The summed E-state index contributed by atoms with van der Waals surface area (Å²) in [7, 11) is 0. The number of hydrogen-bond acceptors (Lipinski definition) is 2. The first-order valence-electron chi connectivity index (χ1n) is 6.92. The summed E-state index contributed by atoms with van der Waals surface area (Å²) in [5.74, 6) is 0.984. The van der Waals surface area contributed by atoms with E-state index in [4.69, 9.17) is 0 Å². The number of rotatable bonds is 6. The number of para-hydroxylation sites is 1. The van der Waals surface area contributed by atoms with Gasteiger partial charge in [-0.05, 0) is 31.5 Å². The van der Waals surface area contributed by atoms with Crippen LogP contribution < -0.4 is 5.32 Å².